The second-order valence-corrected chi connectivity index (χ2v) is 5.55. The molecule has 0 heterocycles. The van der Waals surface area contributed by atoms with Crippen LogP contribution in [-0.2, 0) is 6.54 Å². The van der Waals surface area contributed by atoms with Gasteiger partial charge in [-0.05, 0) is 24.3 Å². The molecule has 0 radical (unpaired) electrons. The smallest absolute Gasteiger partial charge is 0.254 e. The number of nitrogens with zero attached hydrogens (tertiary/aromatic N) is 1. The van der Waals surface area contributed by atoms with Crippen LogP contribution in [-0.4, -0.2) is 25.0 Å². The van der Waals surface area contributed by atoms with Gasteiger partial charge >= 0.3 is 0 Å². The first-order valence-corrected chi connectivity index (χ1v) is 7.14. The summed E-state index contributed by atoms with van der Waals surface area (Å²) in [6.07, 6.45) is 0. The van der Waals surface area contributed by atoms with E-state index < -0.39 is 5.82 Å². The third-order valence-corrected chi connectivity index (χ3v) is 3.51. The summed E-state index contributed by atoms with van der Waals surface area (Å²) in [5.41, 5.74) is 1.20. The van der Waals surface area contributed by atoms with Crippen molar-refractivity contribution in [3.8, 4) is 5.75 Å². The number of hydrogen-bond acceptors (Lipinski definition) is 2. The Bertz CT molecular complexity index is 640. The average Bonchev–Trinajstić information content (AvgIpc) is 2.46. The minimum Gasteiger partial charge on any atom is -0.496 e. The van der Waals surface area contributed by atoms with E-state index in [1.54, 1.807) is 20.2 Å². The van der Waals surface area contributed by atoms with Gasteiger partial charge in [-0.15, -0.1) is 0 Å². The zero-order valence-electron chi connectivity index (χ0n) is 11.8. The molecule has 0 fully saturated rings. The van der Waals surface area contributed by atoms with Crippen molar-refractivity contribution in [3.05, 3.63) is 63.9 Å². The van der Waals surface area contributed by atoms with Crippen LogP contribution in [0.5, 0.6) is 5.75 Å². The van der Waals surface area contributed by atoms with Gasteiger partial charge < -0.3 is 9.64 Å². The summed E-state index contributed by atoms with van der Waals surface area (Å²) >= 11 is 3.19. The Labute approximate surface area is 131 Å². The van der Waals surface area contributed by atoms with Gasteiger partial charge in [0.1, 0.15) is 11.6 Å². The van der Waals surface area contributed by atoms with E-state index in [1.807, 2.05) is 24.3 Å². The predicted molar refractivity (Wildman–Crippen MR) is 82.9 cm³/mol. The Morgan fingerprint density at radius 3 is 2.67 bits per heavy atom. The molecule has 0 spiro atoms. The van der Waals surface area contributed by atoms with Crippen molar-refractivity contribution in [1.29, 1.82) is 0 Å². The fourth-order valence-corrected chi connectivity index (χ4v) is 2.52. The summed E-state index contributed by atoms with van der Waals surface area (Å²) in [5.74, 6) is 0.0251. The fraction of sp³-hybridized carbons (Fsp3) is 0.188. The van der Waals surface area contributed by atoms with E-state index in [-0.39, 0.29) is 5.91 Å². The zero-order chi connectivity index (χ0) is 15.4. The Hall–Kier alpha value is -1.88. The highest BCUT2D eigenvalue weighted by molar-refractivity contribution is 9.10. The van der Waals surface area contributed by atoms with Gasteiger partial charge in [0.05, 0.1) is 7.11 Å². The summed E-state index contributed by atoms with van der Waals surface area (Å²) < 4.78 is 19.2. The second-order valence-electron chi connectivity index (χ2n) is 4.63. The van der Waals surface area contributed by atoms with E-state index in [0.717, 1.165) is 11.3 Å². The molecule has 2 aromatic carbocycles. The van der Waals surface area contributed by atoms with Crippen molar-refractivity contribution in [2.24, 2.45) is 0 Å². The Kier molecular flexibility index (Phi) is 4.96. The average molecular weight is 352 g/mol. The maximum atomic E-state index is 13.4. The molecular weight excluding hydrogens is 337 g/mol. The summed E-state index contributed by atoms with van der Waals surface area (Å²) in [6, 6.07) is 11.6. The van der Waals surface area contributed by atoms with Crippen LogP contribution >= 0.6 is 15.9 Å². The number of carbonyl (C=O) groups is 1. The van der Waals surface area contributed by atoms with Gasteiger partial charge in [0.25, 0.3) is 5.91 Å². The Morgan fingerprint density at radius 2 is 2.00 bits per heavy atom. The number of methoxy groups -OCH3 is 1. The lowest BCUT2D eigenvalue weighted by Crippen LogP contribution is -2.26. The first-order chi connectivity index (χ1) is 10.0. The number of ether oxygens (including phenoxy) is 1. The molecule has 0 aliphatic heterocycles. The quantitative estimate of drug-likeness (QED) is 0.836. The maximum Gasteiger partial charge on any atom is 0.254 e. The van der Waals surface area contributed by atoms with Crippen LogP contribution in [0.25, 0.3) is 0 Å². The summed E-state index contributed by atoms with van der Waals surface area (Å²) in [6.45, 7) is 0.386. The topological polar surface area (TPSA) is 29.5 Å². The number of para-hydroxylation sites is 1. The van der Waals surface area contributed by atoms with Crippen LogP contribution in [0.1, 0.15) is 15.9 Å². The number of carbonyl (C=O) groups excluding carboxylic acids is 1. The highest BCUT2D eigenvalue weighted by Gasteiger charge is 2.15. The molecule has 0 aliphatic rings. The first-order valence-electron chi connectivity index (χ1n) is 6.34. The molecule has 2 rings (SSSR count). The number of benzene rings is 2. The largest absolute Gasteiger partial charge is 0.496 e. The van der Waals surface area contributed by atoms with Crippen molar-refractivity contribution in [3.63, 3.8) is 0 Å². The molecule has 2 aromatic rings. The van der Waals surface area contributed by atoms with Crippen LogP contribution < -0.4 is 4.74 Å². The number of amides is 1. The minimum atomic E-state index is -0.446. The van der Waals surface area contributed by atoms with Crippen LogP contribution in [0.4, 0.5) is 4.39 Å². The van der Waals surface area contributed by atoms with E-state index in [9.17, 15) is 9.18 Å². The van der Waals surface area contributed by atoms with Crippen molar-refractivity contribution in [2.75, 3.05) is 14.2 Å². The molecule has 0 unspecified atom stereocenters. The lowest BCUT2D eigenvalue weighted by Gasteiger charge is -2.19. The standard InChI is InChI=1S/C16H15BrFNO2/c1-19(10-11-5-3-4-6-15(11)21-2)16(20)12-7-13(17)9-14(18)8-12/h3-9H,10H2,1-2H3. The lowest BCUT2D eigenvalue weighted by atomic mass is 10.1. The number of halogens is 2. The Balaban J connectivity index is 2.19. The van der Waals surface area contributed by atoms with Gasteiger partial charge in [0.15, 0.2) is 0 Å². The summed E-state index contributed by atoms with van der Waals surface area (Å²) in [4.78, 5) is 13.9. The van der Waals surface area contributed by atoms with Gasteiger partial charge in [-0.25, -0.2) is 4.39 Å². The van der Waals surface area contributed by atoms with E-state index in [1.165, 1.54) is 17.0 Å². The first kappa shape index (κ1) is 15.5. The van der Waals surface area contributed by atoms with E-state index in [0.29, 0.717) is 16.6 Å². The molecule has 0 aliphatic carbocycles. The molecule has 5 heteroatoms. The van der Waals surface area contributed by atoms with E-state index in [2.05, 4.69) is 15.9 Å². The fourth-order valence-electron chi connectivity index (χ4n) is 2.06. The van der Waals surface area contributed by atoms with Crippen LogP contribution in [0.3, 0.4) is 0 Å². The predicted octanol–water partition coefficient (Wildman–Crippen LogP) is 3.87. The maximum absolute atomic E-state index is 13.4. The van der Waals surface area contributed by atoms with Gasteiger partial charge in [0.2, 0.25) is 0 Å². The molecular formula is C16H15BrFNO2. The second kappa shape index (κ2) is 6.72. The van der Waals surface area contributed by atoms with Gasteiger partial charge in [-0.2, -0.15) is 0 Å². The summed E-state index contributed by atoms with van der Waals surface area (Å²) in [7, 11) is 3.26. The Morgan fingerprint density at radius 1 is 1.29 bits per heavy atom. The number of rotatable bonds is 4. The molecule has 0 saturated heterocycles. The monoisotopic (exact) mass is 351 g/mol. The molecule has 1 amide bonds. The zero-order valence-corrected chi connectivity index (χ0v) is 13.4. The molecule has 3 nitrogen and oxygen atoms in total. The van der Waals surface area contributed by atoms with Gasteiger partial charge in [-0.3, -0.25) is 4.79 Å². The lowest BCUT2D eigenvalue weighted by molar-refractivity contribution is 0.0783. The summed E-state index contributed by atoms with van der Waals surface area (Å²) in [5, 5.41) is 0. The molecule has 21 heavy (non-hydrogen) atoms. The van der Waals surface area contributed by atoms with Crippen molar-refractivity contribution < 1.29 is 13.9 Å². The van der Waals surface area contributed by atoms with Crippen molar-refractivity contribution >= 4 is 21.8 Å². The molecule has 110 valence electrons. The van der Waals surface area contributed by atoms with Gasteiger partial charge in [-0.1, -0.05) is 34.1 Å². The van der Waals surface area contributed by atoms with Crippen LogP contribution in [0.15, 0.2) is 46.9 Å². The molecule has 0 saturated carbocycles. The van der Waals surface area contributed by atoms with Crippen molar-refractivity contribution in [1.82, 2.24) is 4.90 Å². The normalized spacial score (nSPS) is 10.3. The minimum absolute atomic E-state index is 0.249. The van der Waals surface area contributed by atoms with Crippen molar-refractivity contribution in [2.45, 2.75) is 6.54 Å². The molecule has 0 atom stereocenters. The van der Waals surface area contributed by atoms with Gasteiger partial charge in [0, 0.05) is 29.2 Å². The van der Waals surface area contributed by atoms with Crippen LogP contribution in [0, 0.1) is 5.82 Å². The number of hydrogen-bond donors (Lipinski definition) is 0. The third-order valence-electron chi connectivity index (χ3n) is 3.06. The highest BCUT2D eigenvalue weighted by atomic mass is 79.9. The molecule has 0 bridgehead atoms. The van der Waals surface area contributed by atoms with E-state index >= 15 is 0 Å². The highest BCUT2D eigenvalue weighted by Crippen LogP contribution is 2.21. The molecule has 0 N–H and O–H groups in total. The molecule has 0 aromatic heterocycles. The van der Waals surface area contributed by atoms with E-state index in [4.69, 9.17) is 4.74 Å². The SMILES string of the molecule is COc1ccccc1CN(C)C(=O)c1cc(F)cc(Br)c1. The third kappa shape index (κ3) is 3.82. The van der Waals surface area contributed by atoms with Crippen LogP contribution in [0.2, 0.25) is 0 Å².